The Labute approximate surface area is 76.1 Å². The third-order valence-corrected chi connectivity index (χ3v) is 2.01. The fourth-order valence-electron chi connectivity index (χ4n) is 1.42. The lowest BCUT2D eigenvalue weighted by molar-refractivity contribution is 1.25. The van der Waals surface area contributed by atoms with Crippen molar-refractivity contribution in [1.82, 2.24) is 4.98 Å². The highest BCUT2D eigenvalue weighted by atomic mass is 14.7. The quantitative estimate of drug-likeness (QED) is 0.469. The van der Waals surface area contributed by atoms with Gasteiger partial charge < -0.3 is 10.7 Å². The molecule has 3 heteroatoms. The molecule has 3 nitrogen and oxygen atoms in total. The van der Waals surface area contributed by atoms with Crippen LogP contribution in [0.4, 0.5) is 0 Å². The van der Waals surface area contributed by atoms with Gasteiger partial charge in [0.1, 0.15) is 0 Å². The summed E-state index contributed by atoms with van der Waals surface area (Å²) in [5, 5.41) is 8.36. The summed E-state index contributed by atoms with van der Waals surface area (Å²) in [5.74, 6) is 0.200. The second-order valence-corrected chi connectivity index (χ2v) is 3.10. The standard InChI is InChI=1S/C10H11N3/c11-10(12)6-7-1-2-8-3-4-13-9(8)5-7/h1-5,13H,6H2,(H3,11,12). The van der Waals surface area contributed by atoms with Gasteiger partial charge in [0.15, 0.2) is 0 Å². The number of aromatic nitrogens is 1. The van der Waals surface area contributed by atoms with Gasteiger partial charge in [-0.05, 0) is 23.1 Å². The molecular weight excluding hydrogens is 162 g/mol. The highest BCUT2D eigenvalue weighted by Crippen LogP contribution is 2.14. The largest absolute Gasteiger partial charge is 0.387 e. The van der Waals surface area contributed by atoms with Crippen molar-refractivity contribution in [2.24, 2.45) is 5.73 Å². The van der Waals surface area contributed by atoms with E-state index in [9.17, 15) is 0 Å². The predicted octanol–water partition coefficient (Wildman–Crippen LogP) is 1.65. The number of aromatic amines is 1. The summed E-state index contributed by atoms with van der Waals surface area (Å²) >= 11 is 0. The van der Waals surface area contributed by atoms with E-state index in [2.05, 4.69) is 4.98 Å². The molecule has 0 spiro atoms. The van der Waals surface area contributed by atoms with E-state index in [1.54, 1.807) is 0 Å². The molecule has 2 rings (SSSR count). The topological polar surface area (TPSA) is 65.7 Å². The fourth-order valence-corrected chi connectivity index (χ4v) is 1.42. The van der Waals surface area contributed by atoms with E-state index in [1.165, 1.54) is 5.39 Å². The van der Waals surface area contributed by atoms with Crippen LogP contribution in [0.5, 0.6) is 0 Å². The van der Waals surface area contributed by atoms with E-state index < -0.39 is 0 Å². The SMILES string of the molecule is N=C(N)Cc1ccc2cc[nH]c2c1. The highest BCUT2D eigenvalue weighted by molar-refractivity contribution is 5.83. The number of rotatable bonds is 2. The number of nitrogens with one attached hydrogen (secondary N) is 2. The molecule has 0 unspecified atom stereocenters. The van der Waals surface area contributed by atoms with E-state index in [0.717, 1.165) is 11.1 Å². The third-order valence-electron chi connectivity index (χ3n) is 2.01. The van der Waals surface area contributed by atoms with Crippen molar-refractivity contribution in [3.05, 3.63) is 36.0 Å². The predicted molar refractivity (Wildman–Crippen MR) is 53.9 cm³/mol. The van der Waals surface area contributed by atoms with Crippen LogP contribution in [0.25, 0.3) is 10.9 Å². The van der Waals surface area contributed by atoms with Crippen molar-refractivity contribution < 1.29 is 0 Å². The van der Waals surface area contributed by atoms with Crippen LogP contribution in [0.15, 0.2) is 30.5 Å². The van der Waals surface area contributed by atoms with Crippen LogP contribution in [-0.2, 0) is 6.42 Å². The van der Waals surface area contributed by atoms with E-state index in [-0.39, 0.29) is 5.84 Å². The lowest BCUT2D eigenvalue weighted by Crippen LogP contribution is -2.12. The van der Waals surface area contributed by atoms with Gasteiger partial charge in [-0.1, -0.05) is 12.1 Å². The van der Waals surface area contributed by atoms with Crippen molar-refractivity contribution in [3.8, 4) is 0 Å². The lowest BCUT2D eigenvalue weighted by Gasteiger charge is -1.98. The monoisotopic (exact) mass is 173 g/mol. The summed E-state index contributed by atoms with van der Waals surface area (Å²) in [4.78, 5) is 3.12. The van der Waals surface area contributed by atoms with Gasteiger partial charge in [-0.2, -0.15) is 0 Å². The van der Waals surface area contributed by atoms with Crippen molar-refractivity contribution >= 4 is 16.7 Å². The molecule has 0 aliphatic rings. The van der Waals surface area contributed by atoms with Crippen molar-refractivity contribution in [2.45, 2.75) is 6.42 Å². The van der Waals surface area contributed by atoms with Gasteiger partial charge in [-0.25, -0.2) is 0 Å². The molecule has 0 aliphatic carbocycles. The molecule has 4 N–H and O–H groups in total. The second-order valence-electron chi connectivity index (χ2n) is 3.10. The number of amidine groups is 1. The van der Waals surface area contributed by atoms with Crippen LogP contribution >= 0.6 is 0 Å². The average Bonchev–Trinajstić information content (AvgIpc) is 2.49. The summed E-state index contributed by atoms with van der Waals surface area (Å²) in [7, 11) is 0. The molecule has 2 aromatic rings. The molecule has 13 heavy (non-hydrogen) atoms. The summed E-state index contributed by atoms with van der Waals surface area (Å²) in [6.07, 6.45) is 2.43. The fraction of sp³-hybridized carbons (Fsp3) is 0.100. The zero-order valence-electron chi connectivity index (χ0n) is 7.17. The molecule has 0 fully saturated rings. The Morgan fingerprint density at radius 2 is 2.23 bits per heavy atom. The van der Waals surface area contributed by atoms with Crippen molar-refractivity contribution in [2.75, 3.05) is 0 Å². The summed E-state index contributed by atoms with van der Waals surface area (Å²) in [6, 6.07) is 8.07. The molecule has 66 valence electrons. The number of benzene rings is 1. The van der Waals surface area contributed by atoms with Gasteiger partial charge >= 0.3 is 0 Å². The van der Waals surface area contributed by atoms with Gasteiger partial charge in [0.25, 0.3) is 0 Å². The Hall–Kier alpha value is -1.77. The molecule has 0 atom stereocenters. The summed E-state index contributed by atoms with van der Waals surface area (Å²) < 4.78 is 0. The van der Waals surface area contributed by atoms with Crippen LogP contribution in [0.3, 0.4) is 0 Å². The first-order chi connectivity index (χ1) is 6.25. The Morgan fingerprint density at radius 1 is 1.38 bits per heavy atom. The zero-order chi connectivity index (χ0) is 9.26. The maximum Gasteiger partial charge on any atom is 0.0950 e. The van der Waals surface area contributed by atoms with E-state index in [1.807, 2.05) is 30.5 Å². The Morgan fingerprint density at radius 3 is 3.00 bits per heavy atom. The molecule has 0 bridgehead atoms. The van der Waals surface area contributed by atoms with E-state index in [4.69, 9.17) is 11.1 Å². The van der Waals surface area contributed by atoms with Gasteiger partial charge in [0.2, 0.25) is 0 Å². The van der Waals surface area contributed by atoms with Gasteiger partial charge in [-0.15, -0.1) is 0 Å². The molecule has 1 heterocycles. The van der Waals surface area contributed by atoms with Crippen molar-refractivity contribution in [3.63, 3.8) is 0 Å². The maximum atomic E-state index is 7.17. The first kappa shape index (κ1) is 7.86. The normalized spacial score (nSPS) is 10.5. The minimum Gasteiger partial charge on any atom is -0.387 e. The molecule has 0 saturated carbocycles. The number of fused-ring (bicyclic) bond motifs is 1. The van der Waals surface area contributed by atoms with Crippen LogP contribution in [0, 0.1) is 5.41 Å². The molecular formula is C10H11N3. The van der Waals surface area contributed by atoms with Gasteiger partial charge in [0, 0.05) is 18.1 Å². The number of hydrogen-bond donors (Lipinski definition) is 3. The first-order valence-corrected chi connectivity index (χ1v) is 4.14. The molecule has 0 aliphatic heterocycles. The third kappa shape index (κ3) is 1.54. The first-order valence-electron chi connectivity index (χ1n) is 4.14. The molecule has 1 aromatic heterocycles. The minimum atomic E-state index is 0.200. The van der Waals surface area contributed by atoms with Crippen LogP contribution < -0.4 is 5.73 Å². The van der Waals surface area contributed by atoms with Crippen LogP contribution in [0.1, 0.15) is 5.56 Å². The Balaban J connectivity index is 2.42. The van der Waals surface area contributed by atoms with E-state index in [0.29, 0.717) is 6.42 Å². The molecule has 0 amide bonds. The molecule has 0 radical (unpaired) electrons. The Kier molecular flexibility index (Phi) is 1.77. The average molecular weight is 173 g/mol. The zero-order valence-corrected chi connectivity index (χ0v) is 7.17. The summed E-state index contributed by atoms with van der Waals surface area (Å²) in [5.41, 5.74) is 7.48. The Bertz CT molecular complexity index is 442. The van der Waals surface area contributed by atoms with Crippen molar-refractivity contribution in [1.29, 1.82) is 5.41 Å². The number of H-pyrrole nitrogens is 1. The van der Waals surface area contributed by atoms with Gasteiger partial charge in [-0.3, -0.25) is 5.41 Å². The van der Waals surface area contributed by atoms with Gasteiger partial charge in [0.05, 0.1) is 5.84 Å². The minimum absolute atomic E-state index is 0.200. The molecule has 0 saturated heterocycles. The van der Waals surface area contributed by atoms with Crippen LogP contribution in [0.2, 0.25) is 0 Å². The number of hydrogen-bond acceptors (Lipinski definition) is 1. The smallest absolute Gasteiger partial charge is 0.0950 e. The molecule has 1 aromatic carbocycles. The second kappa shape index (κ2) is 2.94. The lowest BCUT2D eigenvalue weighted by atomic mass is 10.1. The van der Waals surface area contributed by atoms with E-state index >= 15 is 0 Å². The maximum absolute atomic E-state index is 7.17. The highest BCUT2D eigenvalue weighted by Gasteiger charge is 1.98. The van der Waals surface area contributed by atoms with Crippen LogP contribution in [-0.4, -0.2) is 10.8 Å². The number of nitrogens with two attached hydrogens (primary N) is 1. The summed E-state index contributed by atoms with van der Waals surface area (Å²) in [6.45, 7) is 0.